The molecule has 1 fully saturated rings. The Kier molecular flexibility index (Phi) is 4.79. The van der Waals surface area contributed by atoms with E-state index in [0.717, 1.165) is 47.8 Å². The highest BCUT2D eigenvalue weighted by atomic mass is 16.2. The molecule has 24 heavy (non-hydrogen) atoms. The molecule has 1 aromatic carbocycles. The summed E-state index contributed by atoms with van der Waals surface area (Å²) in [6, 6.07) is 7.04. The van der Waals surface area contributed by atoms with Crippen molar-refractivity contribution >= 4 is 28.4 Å². The van der Waals surface area contributed by atoms with Gasteiger partial charge in [-0.25, -0.2) is 0 Å². The third kappa shape index (κ3) is 3.40. The number of anilines is 1. The molecular formula is C19H23N3O2. The van der Waals surface area contributed by atoms with Crippen molar-refractivity contribution in [2.24, 2.45) is 5.92 Å². The Balaban J connectivity index is 1.70. The minimum absolute atomic E-state index is 0.00872. The van der Waals surface area contributed by atoms with E-state index in [9.17, 15) is 9.59 Å². The molecule has 0 saturated heterocycles. The van der Waals surface area contributed by atoms with Crippen LogP contribution in [0.15, 0.2) is 30.5 Å². The molecule has 2 N–H and O–H groups in total. The van der Waals surface area contributed by atoms with Gasteiger partial charge in [0.2, 0.25) is 11.8 Å². The van der Waals surface area contributed by atoms with Gasteiger partial charge in [0.25, 0.3) is 0 Å². The Morgan fingerprint density at radius 3 is 2.71 bits per heavy atom. The maximum Gasteiger partial charge on any atom is 0.246 e. The molecule has 5 heteroatoms. The highest BCUT2D eigenvalue weighted by Gasteiger charge is 2.25. The average molecular weight is 325 g/mol. The lowest BCUT2D eigenvalue weighted by atomic mass is 10.1. The van der Waals surface area contributed by atoms with Gasteiger partial charge in [-0.2, -0.15) is 0 Å². The summed E-state index contributed by atoms with van der Waals surface area (Å²) < 4.78 is 0. The van der Waals surface area contributed by atoms with Crippen LogP contribution in [0.3, 0.4) is 0 Å². The number of hydrogen-bond acceptors (Lipinski definition) is 3. The zero-order valence-electron chi connectivity index (χ0n) is 14.1. The van der Waals surface area contributed by atoms with E-state index in [0.29, 0.717) is 0 Å². The van der Waals surface area contributed by atoms with Crippen LogP contribution in [0.1, 0.15) is 38.2 Å². The van der Waals surface area contributed by atoms with Crippen molar-refractivity contribution in [1.82, 2.24) is 10.3 Å². The van der Waals surface area contributed by atoms with Crippen molar-refractivity contribution < 1.29 is 9.59 Å². The Bertz CT molecular complexity index is 766. The van der Waals surface area contributed by atoms with E-state index in [2.05, 4.69) is 15.6 Å². The standard InChI is InChI=1S/C19H23N3O2/c1-12-9-10-16(15-8-5-11-20-17(12)15)22-18(23)13(2)21-19(24)14-6-3-4-7-14/h5,8-11,13-14H,3-4,6-7H2,1-2H3,(H,21,24)(H,22,23)/t13-/m0/s1. The van der Waals surface area contributed by atoms with Crippen LogP contribution in [0.4, 0.5) is 5.69 Å². The third-order valence-electron chi connectivity index (χ3n) is 4.71. The van der Waals surface area contributed by atoms with Crippen LogP contribution in [0.5, 0.6) is 0 Å². The number of aromatic nitrogens is 1. The Morgan fingerprint density at radius 2 is 1.96 bits per heavy atom. The number of fused-ring (bicyclic) bond motifs is 1. The molecule has 0 unspecified atom stereocenters. The predicted octanol–water partition coefficient (Wildman–Crippen LogP) is 3.18. The van der Waals surface area contributed by atoms with Gasteiger partial charge in [-0.1, -0.05) is 18.9 Å². The van der Waals surface area contributed by atoms with Crippen LogP contribution < -0.4 is 10.6 Å². The van der Waals surface area contributed by atoms with Gasteiger partial charge >= 0.3 is 0 Å². The maximum atomic E-state index is 12.4. The number of hydrogen-bond donors (Lipinski definition) is 2. The highest BCUT2D eigenvalue weighted by molar-refractivity contribution is 6.04. The van der Waals surface area contributed by atoms with Crippen molar-refractivity contribution in [3.63, 3.8) is 0 Å². The molecule has 1 saturated carbocycles. The van der Waals surface area contributed by atoms with Crippen molar-refractivity contribution in [3.05, 3.63) is 36.0 Å². The van der Waals surface area contributed by atoms with Crippen LogP contribution in [0.25, 0.3) is 10.9 Å². The summed E-state index contributed by atoms with van der Waals surface area (Å²) in [6.45, 7) is 3.71. The van der Waals surface area contributed by atoms with Gasteiger partial charge in [-0.3, -0.25) is 14.6 Å². The number of rotatable bonds is 4. The lowest BCUT2D eigenvalue weighted by Gasteiger charge is -2.17. The molecule has 2 amide bonds. The fraction of sp³-hybridized carbons (Fsp3) is 0.421. The Hall–Kier alpha value is -2.43. The van der Waals surface area contributed by atoms with E-state index in [1.54, 1.807) is 13.1 Å². The SMILES string of the molecule is Cc1ccc(NC(=O)[C@H](C)NC(=O)C2CCCC2)c2cccnc12. The predicted molar refractivity (Wildman–Crippen MR) is 94.7 cm³/mol. The molecule has 1 heterocycles. The van der Waals surface area contributed by atoms with E-state index in [1.165, 1.54) is 0 Å². The fourth-order valence-electron chi connectivity index (χ4n) is 3.25. The monoisotopic (exact) mass is 325 g/mol. The summed E-state index contributed by atoms with van der Waals surface area (Å²) in [5.74, 6) is -0.161. The number of benzene rings is 1. The molecule has 0 spiro atoms. The van der Waals surface area contributed by atoms with Crippen molar-refractivity contribution in [3.8, 4) is 0 Å². The maximum absolute atomic E-state index is 12.4. The first-order chi connectivity index (χ1) is 11.6. The molecule has 1 aliphatic carbocycles. The molecule has 2 aromatic rings. The molecule has 0 aliphatic heterocycles. The number of pyridine rings is 1. The second-order valence-corrected chi connectivity index (χ2v) is 6.53. The Labute approximate surface area is 141 Å². The number of aryl methyl sites for hydroxylation is 1. The minimum atomic E-state index is -0.564. The van der Waals surface area contributed by atoms with Crippen molar-refractivity contribution in [1.29, 1.82) is 0 Å². The van der Waals surface area contributed by atoms with Gasteiger partial charge in [-0.15, -0.1) is 0 Å². The zero-order valence-corrected chi connectivity index (χ0v) is 14.1. The van der Waals surface area contributed by atoms with Crippen LogP contribution in [0, 0.1) is 12.8 Å². The molecule has 3 rings (SSSR count). The second kappa shape index (κ2) is 6.99. The van der Waals surface area contributed by atoms with Crippen LogP contribution in [-0.4, -0.2) is 22.8 Å². The molecule has 126 valence electrons. The van der Waals surface area contributed by atoms with E-state index in [-0.39, 0.29) is 17.7 Å². The average Bonchev–Trinajstić information content (AvgIpc) is 3.12. The first-order valence-corrected chi connectivity index (χ1v) is 8.52. The molecule has 0 radical (unpaired) electrons. The van der Waals surface area contributed by atoms with Gasteiger partial charge in [0, 0.05) is 17.5 Å². The molecule has 1 aliphatic rings. The number of carbonyl (C=O) groups is 2. The number of carbonyl (C=O) groups excluding carboxylic acids is 2. The number of nitrogens with one attached hydrogen (secondary N) is 2. The topological polar surface area (TPSA) is 71.1 Å². The summed E-state index contributed by atoms with van der Waals surface area (Å²) in [4.78, 5) is 29.0. The van der Waals surface area contributed by atoms with Crippen molar-refractivity contribution in [2.75, 3.05) is 5.32 Å². The lowest BCUT2D eigenvalue weighted by molar-refractivity contribution is -0.128. The smallest absolute Gasteiger partial charge is 0.246 e. The largest absolute Gasteiger partial charge is 0.344 e. The normalized spacial score (nSPS) is 16.1. The first-order valence-electron chi connectivity index (χ1n) is 8.52. The van der Waals surface area contributed by atoms with E-state index < -0.39 is 6.04 Å². The van der Waals surface area contributed by atoms with Gasteiger partial charge < -0.3 is 10.6 Å². The van der Waals surface area contributed by atoms with Gasteiger partial charge in [0.05, 0.1) is 11.2 Å². The van der Waals surface area contributed by atoms with Crippen molar-refractivity contribution in [2.45, 2.75) is 45.6 Å². The second-order valence-electron chi connectivity index (χ2n) is 6.53. The van der Waals surface area contributed by atoms with Crippen LogP contribution >= 0.6 is 0 Å². The summed E-state index contributed by atoms with van der Waals surface area (Å²) in [6.07, 6.45) is 5.79. The summed E-state index contributed by atoms with van der Waals surface area (Å²) in [7, 11) is 0. The first kappa shape index (κ1) is 16.4. The van der Waals surface area contributed by atoms with Crippen LogP contribution in [-0.2, 0) is 9.59 Å². The molecule has 1 atom stereocenters. The lowest BCUT2D eigenvalue weighted by Crippen LogP contribution is -2.43. The molecule has 5 nitrogen and oxygen atoms in total. The Morgan fingerprint density at radius 1 is 1.21 bits per heavy atom. The zero-order chi connectivity index (χ0) is 17.1. The van der Waals surface area contributed by atoms with E-state index in [1.807, 2.05) is 31.2 Å². The van der Waals surface area contributed by atoms with Gasteiger partial charge in [0.15, 0.2) is 0 Å². The van der Waals surface area contributed by atoms with Gasteiger partial charge in [0.1, 0.15) is 6.04 Å². The summed E-state index contributed by atoms with van der Waals surface area (Å²) in [5, 5.41) is 6.65. The summed E-state index contributed by atoms with van der Waals surface area (Å²) in [5.41, 5.74) is 2.65. The summed E-state index contributed by atoms with van der Waals surface area (Å²) >= 11 is 0. The number of amides is 2. The van der Waals surface area contributed by atoms with E-state index >= 15 is 0 Å². The highest BCUT2D eigenvalue weighted by Crippen LogP contribution is 2.26. The number of nitrogens with zero attached hydrogens (tertiary/aromatic N) is 1. The molecule has 0 bridgehead atoms. The fourth-order valence-corrected chi connectivity index (χ4v) is 3.25. The molecular weight excluding hydrogens is 302 g/mol. The van der Waals surface area contributed by atoms with Gasteiger partial charge in [-0.05, 0) is 50.5 Å². The van der Waals surface area contributed by atoms with E-state index in [4.69, 9.17) is 0 Å². The quantitative estimate of drug-likeness (QED) is 0.907. The van der Waals surface area contributed by atoms with Crippen LogP contribution in [0.2, 0.25) is 0 Å². The molecule has 1 aromatic heterocycles. The minimum Gasteiger partial charge on any atom is -0.344 e. The third-order valence-corrected chi connectivity index (χ3v) is 4.71.